The molecule has 4 rings (SSSR count). The van der Waals surface area contributed by atoms with E-state index >= 15 is 0 Å². The number of alkyl halides is 3. The third kappa shape index (κ3) is 7.05. The van der Waals surface area contributed by atoms with Crippen LogP contribution in [0.2, 0.25) is 0 Å². The number of halogens is 3. The molecule has 6 nitrogen and oxygen atoms in total. The number of benzene rings is 2. The molecule has 9 heteroatoms. The van der Waals surface area contributed by atoms with Crippen LogP contribution in [0, 0.1) is 0 Å². The number of carbonyl (C=O) groups excluding carboxylic acids is 2. The van der Waals surface area contributed by atoms with Crippen molar-refractivity contribution in [2.24, 2.45) is 0 Å². The van der Waals surface area contributed by atoms with Gasteiger partial charge in [0, 0.05) is 41.8 Å². The van der Waals surface area contributed by atoms with E-state index < -0.39 is 17.3 Å². The summed E-state index contributed by atoms with van der Waals surface area (Å²) in [6.07, 6.45) is -0.251. The lowest BCUT2D eigenvalue weighted by atomic mass is 10.1. The van der Waals surface area contributed by atoms with Crippen molar-refractivity contribution in [3.63, 3.8) is 0 Å². The molecule has 1 aromatic heterocycles. The molecule has 2 N–H and O–H groups in total. The molecular weight excluding hydrogens is 481 g/mol. The van der Waals surface area contributed by atoms with E-state index in [-0.39, 0.29) is 31.1 Å². The quantitative estimate of drug-likeness (QED) is 0.403. The molecule has 1 aliphatic rings. The maximum Gasteiger partial charge on any atom is 0.416 e. The Morgan fingerprint density at radius 2 is 1.70 bits per heavy atom. The summed E-state index contributed by atoms with van der Waals surface area (Å²) in [5, 5.41) is 4.00. The van der Waals surface area contributed by atoms with E-state index in [2.05, 4.69) is 10.3 Å². The predicted octanol–water partition coefficient (Wildman–Crippen LogP) is 5.73. The van der Waals surface area contributed by atoms with Crippen LogP contribution in [0.3, 0.4) is 0 Å². The van der Waals surface area contributed by atoms with Crippen LogP contribution in [0.25, 0.3) is 10.9 Å². The van der Waals surface area contributed by atoms with Crippen molar-refractivity contribution in [2.75, 3.05) is 13.1 Å². The van der Waals surface area contributed by atoms with Gasteiger partial charge in [0.05, 0.1) is 5.56 Å². The number of rotatable bonds is 8. The van der Waals surface area contributed by atoms with Crippen LogP contribution in [0.4, 0.5) is 18.0 Å². The van der Waals surface area contributed by atoms with E-state index in [0.29, 0.717) is 18.5 Å². The molecule has 3 amide bonds. The summed E-state index contributed by atoms with van der Waals surface area (Å²) < 4.78 is 39.1. The Bertz CT molecular complexity index is 1240. The Balaban J connectivity index is 1.52. The zero-order valence-corrected chi connectivity index (χ0v) is 21.4. The summed E-state index contributed by atoms with van der Waals surface area (Å²) in [6, 6.07) is 12.5. The molecular formula is C28H33F3N4O2. The predicted molar refractivity (Wildman–Crippen MR) is 137 cm³/mol. The van der Waals surface area contributed by atoms with Gasteiger partial charge in [0.2, 0.25) is 5.91 Å². The molecule has 1 fully saturated rings. The van der Waals surface area contributed by atoms with Crippen molar-refractivity contribution in [2.45, 2.75) is 64.3 Å². The second kappa shape index (κ2) is 10.5. The highest BCUT2D eigenvalue weighted by Crippen LogP contribution is 2.30. The van der Waals surface area contributed by atoms with Crippen LogP contribution >= 0.6 is 0 Å². The topological polar surface area (TPSA) is 68.4 Å². The molecule has 0 unspecified atom stereocenters. The number of aromatic nitrogens is 1. The van der Waals surface area contributed by atoms with Gasteiger partial charge in [-0.3, -0.25) is 4.79 Å². The van der Waals surface area contributed by atoms with Gasteiger partial charge < -0.3 is 20.1 Å². The van der Waals surface area contributed by atoms with Crippen molar-refractivity contribution >= 4 is 22.8 Å². The minimum absolute atomic E-state index is 0.0211. The summed E-state index contributed by atoms with van der Waals surface area (Å²) in [6.45, 7) is 6.09. The third-order valence-corrected chi connectivity index (χ3v) is 6.37. The number of nitrogens with zero attached hydrogens (tertiary/aromatic N) is 2. The number of H-pyrrole nitrogens is 1. The molecule has 1 saturated carbocycles. The Labute approximate surface area is 214 Å². The first-order valence-corrected chi connectivity index (χ1v) is 12.5. The lowest BCUT2D eigenvalue weighted by Gasteiger charge is -2.30. The van der Waals surface area contributed by atoms with Crippen LogP contribution in [0.1, 0.15) is 50.3 Å². The maximum absolute atomic E-state index is 13.5. The molecule has 37 heavy (non-hydrogen) atoms. The monoisotopic (exact) mass is 514 g/mol. The van der Waals surface area contributed by atoms with Gasteiger partial charge in [-0.25, -0.2) is 4.79 Å². The number of urea groups is 1. The van der Waals surface area contributed by atoms with Gasteiger partial charge in [-0.05, 0) is 69.4 Å². The number of hydrogen-bond acceptors (Lipinski definition) is 2. The summed E-state index contributed by atoms with van der Waals surface area (Å²) in [4.78, 5) is 32.9. The fourth-order valence-electron chi connectivity index (χ4n) is 4.30. The van der Waals surface area contributed by atoms with Crippen LogP contribution in [-0.2, 0) is 23.9 Å². The number of aromatic amines is 1. The summed E-state index contributed by atoms with van der Waals surface area (Å²) in [7, 11) is 0. The van der Waals surface area contributed by atoms with Crippen molar-refractivity contribution in [1.29, 1.82) is 0 Å². The Hall–Kier alpha value is -3.49. The number of fused-ring (bicyclic) bond motifs is 1. The summed E-state index contributed by atoms with van der Waals surface area (Å²) in [5.41, 5.74) is 1.47. The Morgan fingerprint density at radius 1 is 1.03 bits per heavy atom. The van der Waals surface area contributed by atoms with Crippen LogP contribution in [-0.4, -0.2) is 51.4 Å². The van der Waals surface area contributed by atoms with Gasteiger partial charge in [-0.2, -0.15) is 13.2 Å². The molecule has 0 atom stereocenters. The number of hydrogen-bond donors (Lipinski definition) is 2. The van der Waals surface area contributed by atoms with E-state index in [1.54, 1.807) is 9.80 Å². The molecule has 0 radical (unpaired) electrons. The second-order valence-corrected chi connectivity index (χ2v) is 10.7. The molecule has 0 bridgehead atoms. The zero-order valence-electron chi connectivity index (χ0n) is 21.4. The fourth-order valence-corrected chi connectivity index (χ4v) is 4.30. The molecule has 0 spiro atoms. The number of nitrogens with one attached hydrogen (secondary N) is 2. The molecule has 198 valence electrons. The van der Waals surface area contributed by atoms with Crippen molar-refractivity contribution in [3.8, 4) is 0 Å². The van der Waals surface area contributed by atoms with Crippen LogP contribution in [0.5, 0.6) is 0 Å². The molecule has 2 aromatic carbocycles. The van der Waals surface area contributed by atoms with Gasteiger partial charge in [-0.1, -0.05) is 30.3 Å². The van der Waals surface area contributed by atoms with Crippen molar-refractivity contribution in [3.05, 3.63) is 71.4 Å². The lowest BCUT2D eigenvalue weighted by Crippen LogP contribution is -2.52. The summed E-state index contributed by atoms with van der Waals surface area (Å²) >= 11 is 0. The highest BCUT2D eigenvalue weighted by atomic mass is 19.4. The second-order valence-electron chi connectivity index (χ2n) is 10.7. The van der Waals surface area contributed by atoms with Crippen LogP contribution < -0.4 is 5.32 Å². The minimum Gasteiger partial charge on any atom is -0.361 e. The van der Waals surface area contributed by atoms with E-state index in [1.807, 2.05) is 51.2 Å². The van der Waals surface area contributed by atoms with E-state index in [0.717, 1.165) is 41.4 Å². The maximum atomic E-state index is 13.5. The van der Waals surface area contributed by atoms with Crippen LogP contribution in [0.15, 0.2) is 54.7 Å². The van der Waals surface area contributed by atoms with Gasteiger partial charge in [0.25, 0.3) is 0 Å². The molecule has 3 aromatic rings. The lowest BCUT2D eigenvalue weighted by molar-refractivity contribution is -0.137. The summed E-state index contributed by atoms with van der Waals surface area (Å²) in [5.74, 6) is -0.240. The average molecular weight is 515 g/mol. The molecule has 1 heterocycles. The average Bonchev–Trinajstić information content (AvgIpc) is 3.58. The van der Waals surface area contributed by atoms with Crippen molar-refractivity contribution in [1.82, 2.24) is 20.1 Å². The highest BCUT2D eigenvalue weighted by molar-refractivity contribution is 5.85. The number of carbonyl (C=O) groups is 2. The number of para-hydroxylation sites is 1. The van der Waals surface area contributed by atoms with Gasteiger partial charge in [0.1, 0.15) is 6.54 Å². The SMILES string of the molecule is CC(C)(C)NC(=O)N(CC(=O)N(CCc1c[nH]c2ccccc12)Cc1ccc(C(F)(F)F)cc1)C1CC1. The van der Waals surface area contributed by atoms with Gasteiger partial charge in [-0.15, -0.1) is 0 Å². The first-order valence-electron chi connectivity index (χ1n) is 12.5. The standard InChI is InChI=1S/C28H33F3N4O2/c1-27(2,3)33-26(37)35(22-12-13-22)18-25(36)34(17-19-8-10-21(11-9-19)28(29,30)31)15-14-20-16-32-24-7-5-4-6-23(20)24/h4-11,16,22,32H,12-15,17-18H2,1-3H3,(H,33,37). The van der Waals surface area contributed by atoms with Crippen molar-refractivity contribution < 1.29 is 22.8 Å². The Kier molecular flexibility index (Phi) is 7.52. The third-order valence-electron chi connectivity index (χ3n) is 6.37. The van der Waals surface area contributed by atoms with Gasteiger partial charge >= 0.3 is 12.2 Å². The number of amides is 3. The normalized spacial score (nSPS) is 14.0. The smallest absolute Gasteiger partial charge is 0.361 e. The van der Waals surface area contributed by atoms with E-state index in [1.165, 1.54) is 12.1 Å². The molecule has 1 aliphatic carbocycles. The Morgan fingerprint density at radius 3 is 2.32 bits per heavy atom. The highest BCUT2D eigenvalue weighted by Gasteiger charge is 2.36. The molecule has 0 saturated heterocycles. The molecule has 0 aliphatic heterocycles. The first kappa shape index (κ1) is 26.6. The largest absolute Gasteiger partial charge is 0.416 e. The minimum atomic E-state index is -4.42. The van der Waals surface area contributed by atoms with E-state index in [4.69, 9.17) is 0 Å². The fraction of sp³-hybridized carbons (Fsp3) is 0.429. The first-order chi connectivity index (χ1) is 17.4. The van der Waals surface area contributed by atoms with E-state index in [9.17, 15) is 22.8 Å². The van der Waals surface area contributed by atoms with Gasteiger partial charge in [0.15, 0.2) is 0 Å². The zero-order chi connectivity index (χ0) is 26.8.